The fourth-order valence-electron chi connectivity index (χ4n) is 5.47. The Morgan fingerprint density at radius 3 is 2.07 bits per heavy atom. The molecule has 43 heavy (non-hydrogen) atoms. The summed E-state index contributed by atoms with van der Waals surface area (Å²) in [7, 11) is 0. The highest BCUT2D eigenvalue weighted by Crippen LogP contribution is 2.29. The van der Waals surface area contributed by atoms with Gasteiger partial charge in [-0.3, -0.25) is 4.79 Å². The first-order valence-electron chi connectivity index (χ1n) is 16.3. The SMILES string of the molecule is Br.CCCCCCCCCCCCCCCCOc1ccc(CN(C(C)=O)c2cccc(CN3C=C(C)SC3)c2)cc1Cl. The molecule has 1 amide bonds. The number of benzene rings is 2. The van der Waals surface area contributed by atoms with Gasteiger partial charge in [-0.15, -0.1) is 28.7 Å². The molecule has 3 rings (SSSR count). The lowest BCUT2D eigenvalue weighted by atomic mass is 10.0. The first-order chi connectivity index (χ1) is 20.5. The molecule has 0 saturated heterocycles. The molecule has 0 spiro atoms. The smallest absolute Gasteiger partial charge is 0.224 e. The summed E-state index contributed by atoms with van der Waals surface area (Å²) in [5.41, 5.74) is 3.08. The molecule has 0 fully saturated rings. The Morgan fingerprint density at radius 2 is 1.51 bits per heavy atom. The number of hydrogen-bond acceptors (Lipinski definition) is 4. The highest BCUT2D eigenvalue weighted by molar-refractivity contribution is 8.93. The fourth-order valence-corrected chi connectivity index (χ4v) is 6.49. The number of carbonyl (C=O) groups excluding carboxylic acids is 1. The number of rotatable bonds is 21. The molecule has 1 aliphatic rings. The highest BCUT2D eigenvalue weighted by atomic mass is 79.9. The number of thioether (sulfide) groups is 1. The van der Waals surface area contributed by atoms with Crippen LogP contribution in [0.15, 0.2) is 53.6 Å². The number of halogens is 2. The summed E-state index contributed by atoms with van der Waals surface area (Å²) in [5, 5.41) is 0.601. The van der Waals surface area contributed by atoms with Crippen LogP contribution < -0.4 is 9.64 Å². The van der Waals surface area contributed by atoms with Crippen molar-refractivity contribution in [1.82, 2.24) is 4.90 Å². The maximum absolute atomic E-state index is 12.6. The van der Waals surface area contributed by atoms with Crippen molar-refractivity contribution in [3.05, 3.63) is 69.7 Å². The van der Waals surface area contributed by atoms with Gasteiger partial charge in [0.1, 0.15) is 5.75 Å². The molecule has 2 aromatic carbocycles. The predicted molar refractivity (Wildman–Crippen MR) is 193 cm³/mol. The van der Waals surface area contributed by atoms with Gasteiger partial charge < -0.3 is 14.5 Å². The van der Waals surface area contributed by atoms with E-state index in [0.29, 0.717) is 18.2 Å². The largest absolute Gasteiger partial charge is 0.492 e. The third-order valence-electron chi connectivity index (χ3n) is 7.90. The van der Waals surface area contributed by atoms with Gasteiger partial charge >= 0.3 is 0 Å². The Kier molecular flexibility index (Phi) is 19.2. The average molecular weight is 694 g/mol. The van der Waals surface area contributed by atoms with Gasteiger partial charge in [0, 0.05) is 25.4 Å². The van der Waals surface area contributed by atoms with Crippen molar-refractivity contribution >= 4 is 51.9 Å². The van der Waals surface area contributed by atoms with Crippen LogP contribution >= 0.6 is 40.3 Å². The second-order valence-corrected chi connectivity index (χ2v) is 13.3. The maximum Gasteiger partial charge on any atom is 0.224 e. The third kappa shape index (κ3) is 14.8. The molecule has 1 aliphatic heterocycles. The van der Waals surface area contributed by atoms with E-state index in [1.165, 1.54) is 93.9 Å². The van der Waals surface area contributed by atoms with E-state index in [2.05, 4.69) is 37.1 Å². The number of nitrogens with zero attached hydrogens (tertiary/aromatic N) is 2. The van der Waals surface area contributed by atoms with Crippen LogP contribution in [0.4, 0.5) is 5.69 Å². The second-order valence-electron chi connectivity index (χ2n) is 11.7. The van der Waals surface area contributed by atoms with Crippen LogP contribution in [0.25, 0.3) is 0 Å². The van der Waals surface area contributed by atoms with E-state index in [0.717, 1.165) is 35.8 Å². The zero-order valence-corrected chi connectivity index (χ0v) is 30.0. The molecule has 2 aromatic rings. The molecule has 0 bridgehead atoms. The first-order valence-corrected chi connectivity index (χ1v) is 17.7. The standard InChI is InChI=1S/C36H53ClN2O2S.BrH/c1-4-5-6-7-8-9-10-11-12-13-14-15-16-17-23-41-36-22-21-33(25-35(36)37)28-39(31(3)40)34-20-18-19-32(24-34)27-38-26-30(2)42-29-38;/h18-22,24-26H,4-17,23,27-29H2,1-3H3;1H. The number of amides is 1. The molecule has 0 aliphatic carbocycles. The monoisotopic (exact) mass is 692 g/mol. The van der Waals surface area contributed by atoms with E-state index in [4.69, 9.17) is 16.3 Å². The van der Waals surface area contributed by atoms with Crippen LogP contribution in [0.3, 0.4) is 0 Å². The minimum Gasteiger partial charge on any atom is -0.492 e. The van der Waals surface area contributed by atoms with Crippen LogP contribution in [0.5, 0.6) is 5.75 Å². The Morgan fingerprint density at radius 1 is 0.884 bits per heavy atom. The van der Waals surface area contributed by atoms with Gasteiger partial charge in [0.25, 0.3) is 0 Å². The zero-order valence-electron chi connectivity index (χ0n) is 26.8. The van der Waals surface area contributed by atoms with E-state index in [1.807, 2.05) is 47.0 Å². The van der Waals surface area contributed by atoms with Crippen molar-refractivity contribution in [3.63, 3.8) is 0 Å². The summed E-state index contributed by atoms with van der Waals surface area (Å²) in [6, 6.07) is 14.1. The number of carbonyl (C=O) groups is 1. The minimum absolute atomic E-state index is 0. The molecule has 0 atom stereocenters. The van der Waals surface area contributed by atoms with E-state index >= 15 is 0 Å². The topological polar surface area (TPSA) is 32.8 Å². The van der Waals surface area contributed by atoms with Crippen molar-refractivity contribution in [3.8, 4) is 5.75 Å². The Hall–Kier alpha value is -1.63. The highest BCUT2D eigenvalue weighted by Gasteiger charge is 2.16. The van der Waals surface area contributed by atoms with Crippen LogP contribution in [-0.4, -0.2) is 23.3 Å². The van der Waals surface area contributed by atoms with Crippen molar-refractivity contribution in [2.75, 3.05) is 17.4 Å². The fraction of sp³-hybridized carbons (Fsp3) is 0.583. The van der Waals surface area contributed by atoms with Crippen LogP contribution in [-0.2, 0) is 17.9 Å². The van der Waals surface area contributed by atoms with Crippen LogP contribution in [0, 0.1) is 0 Å². The summed E-state index contributed by atoms with van der Waals surface area (Å²) in [5.74, 6) is 1.70. The van der Waals surface area contributed by atoms with Gasteiger partial charge in [-0.2, -0.15) is 0 Å². The van der Waals surface area contributed by atoms with Gasteiger partial charge in [-0.1, -0.05) is 120 Å². The number of hydrogen-bond donors (Lipinski definition) is 0. The summed E-state index contributed by atoms with van der Waals surface area (Å²) < 4.78 is 6.00. The number of ether oxygens (including phenoxy) is 1. The third-order valence-corrected chi connectivity index (χ3v) is 9.22. The number of allylic oxidation sites excluding steroid dienone is 1. The number of anilines is 1. The summed E-state index contributed by atoms with van der Waals surface area (Å²) in [6.45, 7) is 8.03. The lowest BCUT2D eigenvalue weighted by Gasteiger charge is -2.23. The Labute approximate surface area is 281 Å². The molecule has 0 saturated carbocycles. The number of unbranched alkanes of at least 4 members (excludes halogenated alkanes) is 13. The molecule has 7 heteroatoms. The first kappa shape index (κ1) is 37.6. The van der Waals surface area contributed by atoms with Gasteiger partial charge in [-0.25, -0.2) is 0 Å². The van der Waals surface area contributed by atoms with Crippen molar-refractivity contribution in [1.29, 1.82) is 0 Å². The minimum atomic E-state index is 0. The normalized spacial score (nSPS) is 12.7. The van der Waals surface area contributed by atoms with Crippen molar-refractivity contribution in [2.45, 2.75) is 124 Å². The van der Waals surface area contributed by atoms with Gasteiger partial charge in [0.05, 0.1) is 24.1 Å². The Bertz CT molecular complexity index is 1110. The van der Waals surface area contributed by atoms with Crippen LogP contribution in [0.2, 0.25) is 5.02 Å². The Balaban J connectivity index is 0.00000645. The van der Waals surface area contributed by atoms with E-state index in [1.54, 1.807) is 6.92 Å². The zero-order chi connectivity index (χ0) is 30.0. The van der Waals surface area contributed by atoms with E-state index in [9.17, 15) is 4.79 Å². The molecule has 4 nitrogen and oxygen atoms in total. The van der Waals surface area contributed by atoms with E-state index in [-0.39, 0.29) is 22.9 Å². The second kappa shape index (κ2) is 22.0. The summed E-state index contributed by atoms with van der Waals surface area (Å²) in [6.07, 6.45) is 21.0. The molecule has 0 aromatic heterocycles. The molecule has 0 N–H and O–H groups in total. The van der Waals surface area contributed by atoms with Gasteiger partial charge in [0.2, 0.25) is 5.91 Å². The summed E-state index contributed by atoms with van der Waals surface area (Å²) >= 11 is 8.45. The lowest BCUT2D eigenvalue weighted by Crippen LogP contribution is -2.28. The lowest BCUT2D eigenvalue weighted by molar-refractivity contribution is -0.116. The van der Waals surface area contributed by atoms with Crippen molar-refractivity contribution in [2.24, 2.45) is 0 Å². The van der Waals surface area contributed by atoms with E-state index < -0.39 is 0 Å². The van der Waals surface area contributed by atoms with Crippen molar-refractivity contribution < 1.29 is 9.53 Å². The maximum atomic E-state index is 12.6. The summed E-state index contributed by atoms with van der Waals surface area (Å²) in [4.78, 5) is 18.1. The molecule has 240 valence electrons. The van der Waals surface area contributed by atoms with Crippen LogP contribution in [0.1, 0.15) is 122 Å². The molecule has 0 radical (unpaired) electrons. The molecular weight excluding hydrogens is 640 g/mol. The molecule has 0 unspecified atom stereocenters. The molecular formula is C36H54BrClN2O2S. The average Bonchev–Trinajstić information content (AvgIpc) is 3.38. The van der Waals surface area contributed by atoms with Gasteiger partial charge in [-0.05, 0) is 53.6 Å². The van der Waals surface area contributed by atoms with Gasteiger partial charge in [0.15, 0.2) is 0 Å². The molecule has 1 heterocycles. The predicted octanol–water partition coefficient (Wildman–Crippen LogP) is 11.7. The quantitative estimate of drug-likeness (QED) is 0.122.